The van der Waals surface area contributed by atoms with Gasteiger partial charge in [0.2, 0.25) is 5.91 Å². The maximum absolute atomic E-state index is 13.5. The summed E-state index contributed by atoms with van der Waals surface area (Å²) >= 11 is 0. The van der Waals surface area contributed by atoms with E-state index in [2.05, 4.69) is 111 Å². The van der Waals surface area contributed by atoms with Crippen molar-refractivity contribution in [2.75, 3.05) is 40.9 Å². The van der Waals surface area contributed by atoms with Gasteiger partial charge in [-0.1, -0.05) is 221 Å². The van der Waals surface area contributed by atoms with Crippen molar-refractivity contribution in [1.29, 1.82) is 0 Å². The largest absolute Gasteiger partial charge is 0.472 e. The number of amides is 1. The monoisotopic (exact) mass is 1030 g/mol. The third-order valence-electron chi connectivity index (χ3n) is 12.3. The Hall–Kier alpha value is -3.07. The molecule has 0 aromatic rings. The number of hydrogen-bond donors (Lipinski definition) is 2. The van der Waals surface area contributed by atoms with Crippen molar-refractivity contribution in [3.8, 4) is 0 Å². The van der Waals surface area contributed by atoms with E-state index >= 15 is 0 Å². The number of carbonyl (C=O) groups is 2. The average Bonchev–Trinajstić information content (AvgIpc) is 3.34. The van der Waals surface area contributed by atoms with Gasteiger partial charge < -0.3 is 19.4 Å². The van der Waals surface area contributed by atoms with E-state index in [0.29, 0.717) is 17.4 Å². The fourth-order valence-corrected chi connectivity index (χ4v) is 8.54. The van der Waals surface area contributed by atoms with E-state index in [1.807, 2.05) is 33.3 Å². The summed E-state index contributed by atoms with van der Waals surface area (Å²) in [6.07, 6.45) is 68.3. The second-order valence-electron chi connectivity index (χ2n) is 20.5. The van der Waals surface area contributed by atoms with Crippen LogP contribution >= 0.6 is 7.82 Å². The molecule has 0 saturated carbocycles. The number of carbonyl (C=O) groups excluding carboxylic acids is 2. The van der Waals surface area contributed by atoms with Crippen LogP contribution in [0.25, 0.3) is 0 Å². The Labute approximate surface area is 443 Å². The molecule has 0 aromatic carbocycles. The van der Waals surface area contributed by atoms with Crippen molar-refractivity contribution in [1.82, 2.24) is 5.32 Å². The van der Waals surface area contributed by atoms with Crippen molar-refractivity contribution >= 4 is 19.7 Å². The number of esters is 1. The minimum atomic E-state index is -4.46. The Kier molecular flexibility index (Phi) is 49.2. The number of rotatable bonds is 51. The van der Waals surface area contributed by atoms with Crippen LogP contribution in [-0.2, 0) is 27.9 Å². The fraction of sp³-hybridized carbons (Fsp3) is 0.710. The highest BCUT2D eigenvalue weighted by Crippen LogP contribution is 2.43. The number of quaternary nitrogens is 1. The molecule has 0 aromatic heterocycles. The molecule has 414 valence electrons. The third-order valence-corrected chi connectivity index (χ3v) is 13.3. The van der Waals surface area contributed by atoms with Crippen LogP contribution in [0.2, 0.25) is 0 Å². The van der Waals surface area contributed by atoms with Gasteiger partial charge in [-0.25, -0.2) is 4.57 Å². The van der Waals surface area contributed by atoms with Gasteiger partial charge in [0.05, 0.1) is 33.8 Å². The van der Waals surface area contributed by atoms with E-state index in [4.69, 9.17) is 13.8 Å². The van der Waals surface area contributed by atoms with Crippen molar-refractivity contribution in [3.05, 3.63) is 97.2 Å². The lowest BCUT2D eigenvalue weighted by Gasteiger charge is -2.27. The van der Waals surface area contributed by atoms with Crippen LogP contribution in [0, 0.1) is 0 Å². The van der Waals surface area contributed by atoms with Crippen LogP contribution in [-0.4, -0.2) is 74.3 Å². The van der Waals surface area contributed by atoms with E-state index in [1.54, 1.807) is 0 Å². The minimum Gasteiger partial charge on any atom is -0.456 e. The zero-order valence-corrected chi connectivity index (χ0v) is 48.0. The fourth-order valence-electron chi connectivity index (χ4n) is 7.80. The molecule has 0 aliphatic rings. The normalized spacial score (nSPS) is 14.5. The van der Waals surface area contributed by atoms with Crippen LogP contribution in [0.15, 0.2) is 97.2 Å². The Morgan fingerprint density at radius 2 is 0.944 bits per heavy atom. The van der Waals surface area contributed by atoms with Crippen LogP contribution in [0.5, 0.6) is 0 Å². The summed E-state index contributed by atoms with van der Waals surface area (Å²) in [5.41, 5.74) is 0. The number of unbranched alkanes of at least 4 members (excludes halogenated alkanes) is 23. The highest BCUT2D eigenvalue weighted by Gasteiger charge is 2.30. The Morgan fingerprint density at radius 3 is 1.49 bits per heavy atom. The van der Waals surface area contributed by atoms with Crippen LogP contribution < -0.4 is 5.32 Å². The predicted molar refractivity (Wildman–Crippen MR) is 309 cm³/mol. The molecular weight excluding hydrogens is 916 g/mol. The van der Waals surface area contributed by atoms with Crippen molar-refractivity contribution in [2.45, 2.75) is 245 Å². The first-order valence-electron chi connectivity index (χ1n) is 29.1. The third kappa shape index (κ3) is 51.8. The lowest BCUT2D eigenvalue weighted by Crippen LogP contribution is -2.47. The molecule has 0 fully saturated rings. The quantitative estimate of drug-likeness (QED) is 0.0156. The predicted octanol–water partition coefficient (Wildman–Crippen LogP) is 17.6. The lowest BCUT2D eigenvalue weighted by atomic mass is 10.0. The molecule has 0 aliphatic carbocycles. The number of nitrogens with one attached hydrogen (secondary N) is 1. The van der Waals surface area contributed by atoms with Crippen LogP contribution in [0.3, 0.4) is 0 Å². The molecule has 3 atom stereocenters. The average molecular weight is 1030 g/mol. The number of hydrogen-bond acceptors (Lipinski definition) is 6. The number of likely N-dealkylation sites (N-methyl/N-ethyl adjacent to an activating group) is 1. The van der Waals surface area contributed by atoms with Crippen molar-refractivity contribution < 1.29 is 37.3 Å². The second-order valence-corrected chi connectivity index (χ2v) is 21.9. The van der Waals surface area contributed by atoms with Crippen molar-refractivity contribution in [3.63, 3.8) is 0 Å². The number of allylic oxidation sites excluding steroid dienone is 15. The molecular formula is C62H110N2O7P+. The van der Waals surface area contributed by atoms with Crippen molar-refractivity contribution in [2.24, 2.45) is 0 Å². The number of ether oxygens (including phenoxy) is 1. The molecule has 9 nitrogen and oxygen atoms in total. The summed E-state index contributed by atoms with van der Waals surface area (Å²) in [7, 11) is 1.45. The first-order chi connectivity index (χ1) is 34.9. The summed E-state index contributed by atoms with van der Waals surface area (Å²) < 4.78 is 30.6. The van der Waals surface area contributed by atoms with Gasteiger partial charge in [-0.2, -0.15) is 0 Å². The summed E-state index contributed by atoms with van der Waals surface area (Å²) in [4.78, 5) is 37.6. The van der Waals surface area contributed by atoms with Crippen LogP contribution in [0.1, 0.15) is 233 Å². The van der Waals surface area contributed by atoms with E-state index in [1.165, 1.54) is 96.3 Å². The van der Waals surface area contributed by atoms with Gasteiger partial charge in [-0.3, -0.25) is 18.6 Å². The number of phosphoric acid groups is 1. The lowest BCUT2D eigenvalue weighted by molar-refractivity contribution is -0.870. The van der Waals surface area contributed by atoms with Gasteiger partial charge in [-0.05, 0) is 96.0 Å². The topological polar surface area (TPSA) is 111 Å². The van der Waals surface area contributed by atoms with E-state index < -0.39 is 20.0 Å². The molecule has 0 saturated heterocycles. The Morgan fingerprint density at radius 1 is 0.514 bits per heavy atom. The first kappa shape index (κ1) is 68.9. The van der Waals surface area contributed by atoms with Gasteiger partial charge in [-0.15, -0.1) is 0 Å². The maximum atomic E-state index is 13.5. The maximum Gasteiger partial charge on any atom is 0.472 e. The first-order valence-corrected chi connectivity index (χ1v) is 30.6. The van der Waals surface area contributed by atoms with Gasteiger partial charge in [0, 0.05) is 12.8 Å². The molecule has 2 N–H and O–H groups in total. The SMILES string of the molecule is CC/C=C/C=C/C=C/CCCCCCCCCC(=O)OC(/C=C\CCCCCCCCCCCC)C(COP(=O)(O)OCC[N+](C)(C)C)NC(=O)CCCCC/C=C\C/C=C\C/C=C\C/C=C\CCCCC. The molecule has 1 amide bonds. The number of nitrogens with zero attached hydrogens (tertiary/aromatic N) is 1. The molecule has 72 heavy (non-hydrogen) atoms. The summed E-state index contributed by atoms with van der Waals surface area (Å²) in [5.74, 6) is -0.561. The minimum absolute atomic E-state index is 0.0269. The second kappa shape index (κ2) is 51.4. The Balaban J connectivity index is 5.41. The highest BCUT2D eigenvalue weighted by atomic mass is 31.2. The van der Waals surface area contributed by atoms with E-state index in [-0.39, 0.29) is 37.9 Å². The van der Waals surface area contributed by atoms with Gasteiger partial charge in [0.1, 0.15) is 19.3 Å². The Bertz CT molecular complexity index is 1560. The zero-order valence-electron chi connectivity index (χ0n) is 47.1. The number of phosphoric ester groups is 1. The van der Waals surface area contributed by atoms with E-state index in [9.17, 15) is 19.0 Å². The molecule has 10 heteroatoms. The summed E-state index contributed by atoms with van der Waals surface area (Å²) in [6, 6.07) is -0.875. The standard InChI is InChI=1S/C62H109N2O7P/c1-7-10-13-16-19-22-25-28-30-31-32-33-35-36-39-42-45-48-51-54-61(65)63-59(58-70-72(67,68)69-57-56-64(4,5)6)60(53-50-47-44-41-38-27-24-21-18-15-12-9-3)71-62(66)55-52-49-46-43-40-37-34-29-26-23-20-17-14-11-8-2/h11,14,17,19-20,22-23,26,28,30,32-33,36,39,50,53,59-60H,7-10,12-13,15-16,18,21,24-25,27,29,31,34-35,37-38,40-49,51-52,54-58H2,1-6H3,(H-,63,65,67,68)/p+1/b14-11+,20-17+,22-19-,26-23+,30-28-,33-32-,39-36-,53-50-. The van der Waals surface area contributed by atoms with Crippen LogP contribution in [0.4, 0.5) is 0 Å². The molecule has 0 aliphatic heterocycles. The van der Waals surface area contributed by atoms with Gasteiger partial charge in [0.25, 0.3) is 0 Å². The zero-order chi connectivity index (χ0) is 52.9. The summed E-state index contributed by atoms with van der Waals surface area (Å²) in [6.45, 7) is 6.80. The molecule has 3 unspecified atom stereocenters. The van der Waals surface area contributed by atoms with Gasteiger partial charge >= 0.3 is 13.8 Å². The smallest absolute Gasteiger partial charge is 0.456 e. The molecule has 0 bridgehead atoms. The molecule has 0 rings (SSSR count). The highest BCUT2D eigenvalue weighted by molar-refractivity contribution is 7.47. The van der Waals surface area contributed by atoms with Gasteiger partial charge in [0.15, 0.2) is 0 Å². The summed E-state index contributed by atoms with van der Waals surface area (Å²) in [5, 5.41) is 3.03. The molecule has 0 radical (unpaired) electrons. The van der Waals surface area contributed by atoms with E-state index in [0.717, 1.165) is 96.3 Å². The molecule has 0 heterocycles. The molecule has 0 spiro atoms.